The molecule has 0 aliphatic carbocycles. The third kappa shape index (κ3) is 3.18. The van der Waals surface area contributed by atoms with Crippen molar-refractivity contribution < 1.29 is 0 Å². The Kier molecular flexibility index (Phi) is 4.78. The van der Waals surface area contributed by atoms with Crippen molar-refractivity contribution in [2.24, 2.45) is 0 Å². The fourth-order valence-corrected chi connectivity index (χ4v) is 12.8. The van der Waals surface area contributed by atoms with E-state index in [2.05, 4.69) is 113 Å². The van der Waals surface area contributed by atoms with E-state index in [1.54, 1.807) is 3.27 Å². The molecule has 0 amide bonds. The molecule has 0 aliphatic heterocycles. The maximum absolute atomic E-state index is 3.57. The molecule has 0 aliphatic rings. The van der Waals surface area contributed by atoms with Crippen molar-refractivity contribution in [2.45, 2.75) is 0 Å². The number of fused-ring (bicyclic) bond motifs is 1. The number of rotatable bonds is 3. The van der Waals surface area contributed by atoms with E-state index in [0.717, 1.165) is 4.47 Å². The summed E-state index contributed by atoms with van der Waals surface area (Å²) in [6, 6.07) is 35.5. The standard InChI is InChI=1S/C10H7.C6H4Br.C6H5.Bi/c1-2-6-10-8-4-3-7-9(10)5-1;7-6-4-2-1-3-5-6;1-2-4-6-5-3-1;/h1-7H;2-5H;1-5H;. The van der Waals surface area contributed by atoms with E-state index in [1.165, 1.54) is 17.3 Å². The van der Waals surface area contributed by atoms with Crippen molar-refractivity contribution in [1.29, 1.82) is 0 Å². The van der Waals surface area contributed by atoms with Crippen LogP contribution in [-0.2, 0) is 0 Å². The van der Waals surface area contributed by atoms with Crippen molar-refractivity contribution in [3.8, 4) is 0 Å². The van der Waals surface area contributed by atoms with E-state index >= 15 is 0 Å². The zero-order valence-electron chi connectivity index (χ0n) is 13.1. The van der Waals surface area contributed by atoms with Gasteiger partial charge in [0.2, 0.25) is 0 Å². The summed E-state index contributed by atoms with van der Waals surface area (Å²) < 4.78 is 5.72. The average Bonchev–Trinajstić information content (AvgIpc) is 2.65. The molecule has 24 heavy (non-hydrogen) atoms. The van der Waals surface area contributed by atoms with Crippen LogP contribution in [0.15, 0.2) is 102 Å². The molecule has 116 valence electrons. The summed E-state index contributed by atoms with van der Waals surface area (Å²) in [5, 5.41) is 2.74. The maximum atomic E-state index is 3.57. The molecule has 0 bridgehead atoms. The van der Waals surface area contributed by atoms with Gasteiger partial charge in [0.1, 0.15) is 0 Å². The van der Waals surface area contributed by atoms with Crippen molar-refractivity contribution in [3.63, 3.8) is 0 Å². The van der Waals surface area contributed by atoms with Crippen LogP contribution in [0.3, 0.4) is 0 Å². The molecule has 4 aromatic rings. The van der Waals surface area contributed by atoms with Crippen LogP contribution in [0.25, 0.3) is 10.8 Å². The average molecular weight is 569 g/mol. The Morgan fingerprint density at radius 2 is 1.17 bits per heavy atom. The second kappa shape index (κ2) is 7.17. The summed E-state index contributed by atoms with van der Waals surface area (Å²) in [6.45, 7) is 0. The Morgan fingerprint density at radius 1 is 0.542 bits per heavy atom. The Balaban J connectivity index is 1.97. The van der Waals surface area contributed by atoms with E-state index in [4.69, 9.17) is 0 Å². The first-order chi connectivity index (χ1) is 11.8. The predicted molar refractivity (Wildman–Crippen MR) is 109 cm³/mol. The molecule has 0 atom stereocenters. The minimum absolute atomic E-state index is 1.14. The van der Waals surface area contributed by atoms with Crippen molar-refractivity contribution in [2.75, 3.05) is 0 Å². The number of hydrogen-bond acceptors (Lipinski definition) is 0. The second-order valence-electron chi connectivity index (χ2n) is 5.65. The number of benzene rings is 4. The van der Waals surface area contributed by atoms with Gasteiger partial charge in [-0.3, -0.25) is 0 Å². The Hall–Kier alpha value is -1.50. The van der Waals surface area contributed by atoms with Crippen LogP contribution in [0.5, 0.6) is 0 Å². The molecule has 0 saturated heterocycles. The summed E-state index contributed by atoms with van der Waals surface area (Å²) in [5.41, 5.74) is 0. The van der Waals surface area contributed by atoms with Gasteiger partial charge < -0.3 is 0 Å². The van der Waals surface area contributed by atoms with Crippen LogP contribution >= 0.6 is 15.9 Å². The van der Waals surface area contributed by atoms with Gasteiger partial charge in [0.25, 0.3) is 0 Å². The fourth-order valence-electron chi connectivity index (χ4n) is 3.00. The molecule has 0 aromatic heterocycles. The molecular formula is C22H16BiBr. The zero-order valence-corrected chi connectivity index (χ0v) is 18.1. The fraction of sp³-hybridized carbons (Fsp3) is 0. The van der Waals surface area contributed by atoms with Gasteiger partial charge in [-0.2, -0.15) is 0 Å². The predicted octanol–water partition coefficient (Wildman–Crippen LogP) is 4.12. The third-order valence-corrected chi connectivity index (χ3v) is 14.4. The molecule has 0 saturated carbocycles. The SMILES string of the molecule is Brc1cc[c]([Bi]([c]2ccccc2)[c]2cccc3ccccc23)cc1. The third-order valence-electron chi connectivity index (χ3n) is 4.11. The Bertz CT molecular complexity index is 957. The molecule has 0 unspecified atom stereocenters. The number of halogens is 1. The van der Waals surface area contributed by atoms with Gasteiger partial charge in [-0.15, -0.1) is 0 Å². The molecular weight excluding hydrogens is 553 g/mol. The molecule has 2 heteroatoms. The molecule has 4 aromatic carbocycles. The normalized spacial score (nSPS) is 11.1. The molecule has 0 heterocycles. The van der Waals surface area contributed by atoms with Gasteiger partial charge >= 0.3 is 160 Å². The minimum atomic E-state index is -2.31. The van der Waals surface area contributed by atoms with Crippen LogP contribution in [0, 0.1) is 0 Å². The van der Waals surface area contributed by atoms with Gasteiger partial charge in [-0.1, -0.05) is 0 Å². The van der Waals surface area contributed by atoms with Gasteiger partial charge in [-0.25, -0.2) is 0 Å². The monoisotopic (exact) mass is 568 g/mol. The van der Waals surface area contributed by atoms with Gasteiger partial charge in [0, 0.05) is 0 Å². The molecule has 0 fully saturated rings. The first-order valence-electron chi connectivity index (χ1n) is 7.91. The first-order valence-corrected chi connectivity index (χ1v) is 13.9. The summed E-state index contributed by atoms with van der Waals surface area (Å²) >= 11 is 1.26. The summed E-state index contributed by atoms with van der Waals surface area (Å²) in [5.74, 6) is 0. The summed E-state index contributed by atoms with van der Waals surface area (Å²) in [7, 11) is 0. The van der Waals surface area contributed by atoms with Crippen LogP contribution in [0.4, 0.5) is 0 Å². The molecule has 4 rings (SSSR count). The van der Waals surface area contributed by atoms with E-state index in [1.807, 2.05) is 0 Å². The van der Waals surface area contributed by atoms with Gasteiger partial charge in [-0.05, 0) is 0 Å². The van der Waals surface area contributed by atoms with Crippen LogP contribution in [0.1, 0.15) is 0 Å². The van der Waals surface area contributed by atoms with Crippen molar-refractivity contribution in [3.05, 3.63) is 102 Å². The quantitative estimate of drug-likeness (QED) is 0.326. The number of hydrogen-bond donors (Lipinski definition) is 0. The van der Waals surface area contributed by atoms with Crippen LogP contribution in [0.2, 0.25) is 0 Å². The van der Waals surface area contributed by atoms with Crippen molar-refractivity contribution in [1.82, 2.24) is 0 Å². The summed E-state index contributed by atoms with van der Waals surface area (Å²) in [6.07, 6.45) is 0. The second-order valence-corrected chi connectivity index (χ2v) is 15.1. The van der Waals surface area contributed by atoms with E-state index in [9.17, 15) is 0 Å². The Morgan fingerprint density at radius 3 is 1.96 bits per heavy atom. The van der Waals surface area contributed by atoms with E-state index < -0.39 is 21.8 Å². The molecule has 0 spiro atoms. The Labute approximate surface area is 159 Å². The molecule has 0 radical (unpaired) electrons. The van der Waals surface area contributed by atoms with Gasteiger partial charge in [0.15, 0.2) is 0 Å². The topological polar surface area (TPSA) is 0 Å². The van der Waals surface area contributed by atoms with Crippen molar-refractivity contribution >= 4 is 58.3 Å². The van der Waals surface area contributed by atoms with E-state index in [0.29, 0.717) is 0 Å². The van der Waals surface area contributed by atoms with Crippen LogP contribution < -0.4 is 9.81 Å². The van der Waals surface area contributed by atoms with Gasteiger partial charge in [0.05, 0.1) is 0 Å². The zero-order chi connectivity index (χ0) is 16.4. The van der Waals surface area contributed by atoms with Crippen LogP contribution in [-0.4, -0.2) is 21.8 Å². The molecule has 0 N–H and O–H groups in total. The van der Waals surface area contributed by atoms with E-state index in [-0.39, 0.29) is 0 Å². The first kappa shape index (κ1) is 16.0. The summed E-state index contributed by atoms with van der Waals surface area (Å²) in [4.78, 5) is 0. The molecule has 0 nitrogen and oxygen atoms in total.